The van der Waals surface area contributed by atoms with Crippen molar-refractivity contribution in [3.63, 3.8) is 0 Å². The van der Waals surface area contributed by atoms with E-state index in [2.05, 4.69) is 39.6 Å². The molecule has 0 bridgehead atoms. The molecule has 1 aliphatic heterocycles. The van der Waals surface area contributed by atoms with Gasteiger partial charge in [0.1, 0.15) is 5.75 Å². The Labute approximate surface area is 169 Å². The highest BCUT2D eigenvalue weighted by Crippen LogP contribution is 2.36. The van der Waals surface area contributed by atoms with Gasteiger partial charge in [0.25, 0.3) is 0 Å². The highest BCUT2D eigenvalue weighted by Gasteiger charge is 2.24. The number of carbonyl (C=O) groups excluding carboxylic acids is 1. The minimum atomic E-state index is -0.278. The lowest BCUT2D eigenvalue weighted by Gasteiger charge is -2.19. The average Bonchev–Trinajstić information content (AvgIpc) is 3.33. The number of rotatable bonds is 4. The van der Waals surface area contributed by atoms with Gasteiger partial charge in [0.15, 0.2) is 0 Å². The molecular formula is C24H22N2O3. The Morgan fingerprint density at radius 2 is 1.93 bits per heavy atom. The third-order valence-electron chi connectivity index (χ3n) is 5.62. The fourth-order valence-corrected chi connectivity index (χ4v) is 4.25. The van der Waals surface area contributed by atoms with Crippen molar-refractivity contribution in [1.82, 2.24) is 9.13 Å². The van der Waals surface area contributed by atoms with Crippen LogP contribution in [0.1, 0.15) is 34.2 Å². The van der Waals surface area contributed by atoms with Crippen molar-refractivity contribution in [2.45, 2.75) is 19.9 Å². The van der Waals surface area contributed by atoms with E-state index in [9.17, 15) is 4.79 Å². The predicted octanol–water partition coefficient (Wildman–Crippen LogP) is 4.57. The number of methoxy groups -OCH3 is 1. The van der Waals surface area contributed by atoms with Gasteiger partial charge in [-0.1, -0.05) is 0 Å². The normalized spacial score (nSPS) is 12.5. The van der Waals surface area contributed by atoms with Gasteiger partial charge >= 0.3 is 5.97 Å². The molecule has 2 aromatic heterocycles. The number of benzene rings is 2. The molecule has 5 nitrogen and oxygen atoms in total. The van der Waals surface area contributed by atoms with E-state index in [1.807, 2.05) is 37.3 Å². The molecule has 0 radical (unpaired) electrons. The molecule has 0 amide bonds. The van der Waals surface area contributed by atoms with Gasteiger partial charge in [0.05, 0.1) is 31.3 Å². The van der Waals surface area contributed by atoms with Crippen LogP contribution in [0.15, 0.2) is 60.8 Å². The van der Waals surface area contributed by atoms with Gasteiger partial charge in [-0.15, -0.1) is 0 Å². The topological polar surface area (TPSA) is 45.4 Å². The van der Waals surface area contributed by atoms with Crippen LogP contribution in [0.2, 0.25) is 0 Å². The summed E-state index contributed by atoms with van der Waals surface area (Å²) in [7, 11) is 1.67. The molecule has 2 aromatic carbocycles. The summed E-state index contributed by atoms with van der Waals surface area (Å²) in [6.07, 6.45) is 2.96. The lowest BCUT2D eigenvalue weighted by atomic mass is 10.0. The maximum atomic E-state index is 12.3. The smallest absolute Gasteiger partial charge is 0.338 e. The van der Waals surface area contributed by atoms with E-state index in [0.29, 0.717) is 12.2 Å². The first-order chi connectivity index (χ1) is 14.2. The van der Waals surface area contributed by atoms with E-state index in [1.165, 1.54) is 17.0 Å². The monoisotopic (exact) mass is 386 g/mol. The summed E-state index contributed by atoms with van der Waals surface area (Å²) >= 11 is 0. The molecule has 0 atom stereocenters. The van der Waals surface area contributed by atoms with E-state index in [4.69, 9.17) is 9.47 Å². The Kier molecular flexibility index (Phi) is 4.16. The van der Waals surface area contributed by atoms with Crippen LogP contribution in [-0.2, 0) is 17.7 Å². The molecule has 5 heteroatoms. The fraction of sp³-hybridized carbons (Fsp3) is 0.208. The number of hydrogen-bond donors (Lipinski definition) is 0. The first-order valence-corrected chi connectivity index (χ1v) is 9.81. The van der Waals surface area contributed by atoms with Crippen LogP contribution in [0.25, 0.3) is 16.6 Å². The van der Waals surface area contributed by atoms with Crippen molar-refractivity contribution in [3.05, 3.63) is 83.3 Å². The van der Waals surface area contributed by atoms with Gasteiger partial charge in [-0.3, -0.25) is 0 Å². The molecule has 0 saturated heterocycles. The minimum Gasteiger partial charge on any atom is -0.497 e. The standard InChI is InChI=1S/C24H22N2O3/c1-3-29-24(27)16-6-11-22-20(13-16)21-14-18-5-4-12-25(18)15-23(21)26(22)17-7-9-19(28-2)10-8-17/h4-13H,3,14-15H2,1-2H3. The molecule has 0 unspecified atom stereocenters. The first-order valence-electron chi connectivity index (χ1n) is 9.81. The number of fused-ring (bicyclic) bond motifs is 4. The van der Waals surface area contributed by atoms with Crippen LogP contribution >= 0.6 is 0 Å². The van der Waals surface area contributed by atoms with Gasteiger partial charge in [-0.05, 0) is 67.1 Å². The van der Waals surface area contributed by atoms with Crippen molar-refractivity contribution in [2.75, 3.05) is 13.7 Å². The van der Waals surface area contributed by atoms with E-state index >= 15 is 0 Å². The fourth-order valence-electron chi connectivity index (χ4n) is 4.25. The van der Waals surface area contributed by atoms with Gasteiger partial charge in [-0.2, -0.15) is 0 Å². The number of ether oxygens (including phenoxy) is 2. The summed E-state index contributed by atoms with van der Waals surface area (Å²) < 4.78 is 15.1. The molecule has 0 spiro atoms. The maximum Gasteiger partial charge on any atom is 0.338 e. The zero-order chi connectivity index (χ0) is 20.0. The van der Waals surface area contributed by atoms with E-state index in [-0.39, 0.29) is 5.97 Å². The molecule has 146 valence electrons. The SMILES string of the molecule is CCOC(=O)c1ccc2c(c1)c1c(n2-c2ccc(OC)cc2)Cn2cccc2C1. The van der Waals surface area contributed by atoms with Gasteiger partial charge in [0, 0.05) is 35.1 Å². The first kappa shape index (κ1) is 17.6. The molecule has 4 aromatic rings. The second kappa shape index (κ2) is 6.85. The lowest BCUT2D eigenvalue weighted by Crippen LogP contribution is -2.15. The van der Waals surface area contributed by atoms with Gasteiger partial charge in [-0.25, -0.2) is 4.79 Å². The van der Waals surface area contributed by atoms with E-state index in [1.54, 1.807) is 7.11 Å². The molecule has 0 saturated carbocycles. The lowest BCUT2D eigenvalue weighted by molar-refractivity contribution is 0.0526. The number of aromatic nitrogens is 2. The van der Waals surface area contributed by atoms with E-state index in [0.717, 1.165) is 35.3 Å². The van der Waals surface area contributed by atoms with Crippen LogP contribution in [0.4, 0.5) is 0 Å². The van der Waals surface area contributed by atoms with Crippen LogP contribution in [0.3, 0.4) is 0 Å². The highest BCUT2D eigenvalue weighted by molar-refractivity contribution is 5.97. The second-order valence-electron chi connectivity index (χ2n) is 7.22. The van der Waals surface area contributed by atoms with E-state index < -0.39 is 0 Å². The van der Waals surface area contributed by atoms with Gasteiger partial charge < -0.3 is 18.6 Å². The Hall–Kier alpha value is -3.47. The number of esters is 1. The molecule has 0 aliphatic carbocycles. The highest BCUT2D eigenvalue weighted by atomic mass is 16.5. The Balaban J connectivity index is 1.73. The quantitative estimate of drug-likeness (QED) is 0.425. The summed E-state index contributed by atoms with van der Waals surface area (Å²) in [5.41, 5.74) is 6.57. The number of carbonyl (C=O) groups is 1. The zero-order valence-electron chi connectivity index (χ0n) is 16.5. The Bertz CT molecular complexity index is 1220. The van der Waals surface area contributed by atoms with Crippen LogP contribution < -0.4 is 4.74 Å². The van der Waals surface area contributed by atoms with Crippen LogP contribution in [-0.4, -0.2) is 28.8 Å². The Morgan fingerprint density at radius 3 is 2.69 bits per heavy atom. The predicted molar refractivity (Wildman–Crippen MR) is 112 cm³/mol. The molecule has 0 N–H and O–H groups in total. The maximum absolute atomic E-state index is 12.3. The van der Waals surface area contributed by atoms with Crippen molar-refractivity contribution < 1.29 is 14.3 Å². The zero-order valence-corrected chi connectivity index (χ0v) is 16.5. The second-order valence-corrected chi connectivity index (χ2v) is 7.22. The van der Waals surface area contributed by atoms with Gasteiger partial charge in [0.2, 0.25) is 0 Å². The summed E-state index contributed by atoms with van der Waals surface area (Å²) in [5, 5.41) is 1.11. The average molecular weight is 386 g/mol. The van der Waals surface area contributed by atoms with Crippen molar-refractivity contribution in [1.29, 1.82) is 0 Å². The third kappa shape index (κ3) is 2.81. The molecule has 1 aliphatic rings. The molecule has 3 heterocycles. The van der Waals surface area contributed by atoms with Crippen LogP contribution in [0.5, 0.6) is 5.75 Å². The molecule has 29 heavy (non-hydrogen) atoms. The minimum absolute atomic E-state index is 0.278. The number of nitrogens with zero attached hydrogens (tertiary/aromatic N) is 2. The molecular weight excluding hydrogens is 364 g/mol. The summed E-state index contributed by atoms with van der Waals surface area (Å²) in [6, 6.07) is 18.2. The summed E-state index contributed by atoms with van der Waals surface area (Å²) in [5.74, 6) is 0.552. The van der Waals surface area contributed by atoms with Crippen molar-refractivity contribution in [2.24, 2.45) is 0 Å². The summed E-state index contributed by atoms with van der Waals surface area (Å²) in [6.45, 7) is 3.00. The molecule has 5 rings (SSSR count). The third-order valence-corrected chi connectivity index (χ3v) is 5.62. The summed E-state index contributed by atoms with van der Waals surface area (Å²) in [4.78, 5) is 12.3. The number of hydrogen-bond acceptors (Lipinski definition) is 3. The van der Waals surface area contributed by atoms with Crippen molar-refractivity contribution >= 4 is 16.9 Å². The van der Waals surface area contributed by atoms with Crippen molar-refractivity contribution in [3.8, 4) is 11.4 Å². The largest absolute Gasteiger partial charge is 0.497 e. The Morgan fingerprint density at radius 1 is 1.10 bits per heavy atom. The molecule has 0 fully saturated rings. The van der Waals surface area contributed by atoms with Crippen LogP contribution in [0, 0.1) is 0 Å².